The smallest absolute Gasteiger partial charge is 0.198 e. The quantitative estimate of drug-likeness (QED) is 0.709. The average Bonchev–Trinajstić information content (AvgIpc) is 2.82. The van der Waals surface area contributed by atoms with Gasteiger partial charge in [-0.1, -0.05) is 30.3 Å². The van der Waals surface area contributed by atoms with Gasteiger partial charge in [0.2, 0.25) is 0 Å². The lowest BCUT2D eigenvalue weighted by atomic mass is 10.2. The van der Waals surface area contributed by atoms with Gasteiger partial charge in [0, 0.05) is 17.1 Å². The number of nitrogens with one attached hydrogen (secondary N) is 1. The van der Waals surface area contributed by atoms with Crippen molar-refractivity contribution in [3.63, 3.8) is 0 Å². The van der Waals surface area contributed by atoms with E-state index in [1.54, 1.807) is 6.21 Å². The van der Waals surface area contributed by atoms with E-state index in [2.05, 4.69) is 9.98 Å². The van der Waals surface area contributed by atoms with E-state index in [4.69, 9.17) is 4.74 Å². The summed E-state index contributed by atoms with van der Waals surface area (Å²) in [4.78, 5) is 7.38. The van der Waals surface area contributed by atoms with Crippen LogP contribution in [0.15, 0.2) is 53.5 Å². The number of aromatic amines is 1. The van der Waals surface area contributed by atoms with Gasteiger partial charge in [0.15, 0.2) is 5.88 Å². The number of hydrogen-bond donors (Lipinski definition) is 2. The summed E-state index contributed by atoms with van der Waals surface area (Å²) in [6.45, 7) is 2.52. The minimum atomic E-state index is 0.119. The molecule has 0 radical (unpaired) electrons. The van der Waals surface area contributed by atoms with Gasteiger partial charge in [0.05, 0.1) is 12.2 Å². The molecule has 0 aliphatic heterocycles. The molecule has 0 spiro atoms. The molecule has 106 valence electrons. The fourth-order valence-corrected chi connectivity index (χ4v) is 2.26. The Hall–Kier alpha value is -2.75. The van der Waals surface area contributed by atoms with Crippen molar-refractivity contribution in [2.45, 2.75) is 6.92 Å². The van der Waals surface area contributed by atoms with E-state index in [0.29, 0.717) is 12.2 Å². The van der Waals surface area contributed by atoms with Crippen molar-refractivity contribution in [3.05, 3.63) is 54.1 Å². The van der Waals surface area contributed by atoms with E-state index < -0.39 is 0 Å². The molecule has 2 N–H and O–H groups in total. The van der Waals surface area contributed by atoms with Gasteiger partial charge in [-0.2, -0.15) is 0 Å². The summed E-state index contributed by atoms with van der Waals surface area (Å²) >= 11 is 0. The van der Waals surface area contributed by atoms with E-state index in [9.17, 15) is 5.11 Å². The maximum atomic E-state index is 10.0. The zero-order valence-corrected chi connectivity index (χ0v) is 11.7. The van der Waals surface area contributed by atoms with Gasteiger partial charge in [-0.15, -0.1) is 0 Å². The first-order valence-electron chi connectivity index (χ1n) is 6.85. The van der Waals surface area contributed by atoms with Crippen molar-refractivity contribution >= 4 is 22.8 Å². The van der Waals surface area contributed by atoms with Crippen molar-refractivity contribution in [2.24, 2.45) is 4.99 Å². The monoisotopic (exact) mass is 280 g/mol. The van der Waals surface area contributed by atoms with Gasteiger partial charge >= 0.3 is 0 Å². The molecule has 21 heavy (non-hydrogen) atoms. The molecule has 3 aromatic rings. The summed E-state index contributed by atoms with van der Waals surface area (Å²) < 4.78 is 5.54. The van der Waals surface area contributed by atoms with E-state index in [1.807, 2.05) is 55.5 Å². The number of benzene rings is 2. The first-order chi connectivity index (χ1) is 10.3. The summed E-state index contributed by atoms with van der Waals surface area (Å²) in [5.74, 6) is 0.851. The molecule has 4 nitrogen and oxygen atoms in total. The first-order valence-corrected chi connectivity index (χ1v) is 6.85. The number of aliphatic imine (C=N–C) groups is 1. The van der Waals surface area contributed by atoms with Crippen LogP contribution in [-0.2, 0) is 0 Å². The van der Waals surface area contributed by atoms with Crippen LogP contribution in [0.3, 0.4) is 0 Å². The third kappa shape index (κ3) is 2.60. The summed E-state index contributed by atoms with van der Waals surface area (Å²) in [6.07, 6.45) is 1.66. The van der Waals surface area contributed by atoms with Crippen molar-refractivity contribution in [3.8, 4) is 11.6 Å². The fourth-order valence-electron chi connectivity index (χ4n) is 2.26. The Bertz CT molecular complexity index is 790. The molecule has 0 amide bonds. The van der Waals surface area contributed by atoms with Crippen LogP contribution in [0, 0.1) is 0 Å². The Labute approximate surface area is 122 Å². The Morgan fingerprint density at radius 1 is 1.14 bits per heavy atom. The van der Waals surface area contributed by atoms with Crippen molar-refractivity contribution in [1.29, 1.82) is 0 Å². The molecule has 4 heteroatoms. The molecular weight excluding hydrogens is 264 g/mol. The van der Waals surface area contributed by atoms with Crippen LogP contribution in [0.25, 0.3) is 10.9 Å². The predicted octanol–water partition coefficient (Wildman–Crippen LogP) is 4.02. The lowest BCUT2D eigenvalue weighted by Gasteiger charge is -2.05. The molecule has 0 unspecified atom stereocenters. The van der Waals surface area contributed by atoms with Crippen LogP contribution in [0.2, 0.25) is 0 Å². The highest BCUT2D eigenvalue weighted by molar-refractivity contribution is 6.02. The third-order valence-electron chi connectivity index (χ3n) is 3.22. The number of H-pyrrole nitrogens is 1. The van der Waals surface area contributed by atoms with Crippen LogP contribution < -0.4 is 4.74 Å². The highest BCUT2D eigenvalue weighted by atomic mass is 16.5. The highest BCUT2D eigenvalue weighted by Gasteiger charge is 2.08. The maximum absolute atomic E-state index is 10.0. The van der Waals surface area contributed by atoms with Gasteiger partial charge in [0.1, 0.15) is 11.4 Å². The number of ether oxygens (including phenoxy) is 1. The Morgan fingerprint density at radius 2 is 1.90 bits per heavy atom. The van der Waals surface area contributed by atoms with Crippen LogP contribution in [0.4, 0.5) is 5.69 Å². The second kappa shape index (κ2) is 5.71. The van der Waals surface area contributed by atoms with Crippen LogP contribution in [-0.4, -0.2) is 22.9 Å². The maximum Gasteiger partial charge on any atom is 0.198 e. The summed E-state index contributed by atoms with van der Waals surface area (Å²) in [5, 5.41) is 10.9. The Morgan fingerprint density at radius 3 is 2.76 bits per heavy atom. The molecule has 1 heterocycles. The van der Waals surface area contributed by atoms with Crippen molar-refractivity contribution in [2.75, 3.05) is 6.61 Å². The van der Waals surface area contributed by atoms with E-state index in [1.165, 1.54) is 0 Å². The minimum Gasteiger partial charge on any atom is -0.494 e. The van der Waals surface area contributed by atoms with Gasteiger partial charge in [0.25, 0.3) is 0 Å². The predicted molar refractivity (Wildman–Crippen MR) is 84.8 cm³/mol. The van der Waals surface area contributed by atoms with Crippen molar-refractivity contribution in [1.82, 2.24) is 4.98 Å². The van der Waals surface area contributed by atoms with E-state index in [0.717, 1.165) is 22.3 Å². The van der Waals surface area contributed by atoms with Crippen molar-refractivity contribution < 1.29 is 9.84 Å². The summed E-state index contributed by atoms with van der Waals surface area (Å²) in [6, 6.07) is 15.3. The molecule has 0 bridgehead atoms. The molecule has 0 aliphatic rings. The zero-order chi connectivity index (χ0) is 14.7. The number of rotatable bonds is 4. The number of nitrogens with zero attached hydrogens (tertiary/aromatic N) is 1. The highest BCUT2D eigenvalue weighted by Crippen LogP contribution is 2.29. The molecule has 0 saturated heterocycles. The summed E-state index contributed by atoms with van der Waals surface area (Å²) in [7, 11) is 0. The fraction of sp³-hybridized carbons (Fsp3) is 0.118. The van der Waals surface area contributed by atoms with Crippen LogP contribution in [0.1, 0.15) is 12.5 Å². The van der Waals surface area contributed by atoms with Gasteiger partial charge in [-0.25, -0.2) is 0 Å². The second-order valence-electron chi connectivity index (χ2n) is 4.59. The van der Waals surface area contributed by atoms with Gasteiger partial charge < -0.3 is 14.8 Å². The zero-order valence-electron chi connectivity index (χ0n) is 11.7. The standard InChI is InChI=1S/C17H16N2O2/c1-2-21-16-10-6-5-9-15(16)18-11-13-12-7-3-4-8-14(12)19-17(13)20/h3-11,19-20H,2H2,1H3. The summed E-state index contributed by atoms with van der Waals surface area (Å²) in [5.41, 5.74) is 2.30. The van der Waals surface area contributed by atoms with Gasteiger partial charge in [-0.3, -0.25) is 4.99 Å². The van der Waals surface area contributed by atoms with Gasteiger partial charge in [-0.05, 0) is 25.1 Å². The molecule has 3 rings (SSSR count). The molecule has 0 fully saturated rings. The number of aromatic hydroxyl groups is 1. The Balaban J connectivity index is 2.00. The largest absolute Gasteiger partial charge is 0.494 e. The molecule has 0 atom stereocenters. The molecule has 0 saturated carbocycles. The molecular formula is C17H16N2O2. The topological polar surface area (TPSA) is 57.6 Å². The first kappa shape index (κ1) is 13.2. The normalized spacial score (nSPS) is 11.3. The Kier molecular flexibility index (Phi) is 3.60. The number of para-hydroxylation sites is 3. The third-order valence-corrected chi connectivity index (χ3v) is 3.22. The lowest BCUT2D eigenvalue weighted by Crippen LogP contribution is -1.91. The molecule has 0 aliphatic carbocycles. The minimum absolute atomic E-state index is 0.119. The number of hydrogen-bond acceptors (Lipinski definition) is 3. The molecule has 2 aromatic carbocycles. The average molecular weight is 280 g/mol. The van der Waals surface area contributed by atoms with Crippen LogP contribution in [0.5, 0.6) is 11.6 Å². The van der Waals surface area contributed by atoms with E-state index >= 15 is 0 Å². The second-order valence-corrected chi connectivity index (χ2v) is 4.59. The number of fused-ring (bicyclic) bond motifs is 1. The molecule has 1 aromatic heterocycles. The SMILES string of the molecule is CCOc1ccccc1N=Cc1c(O)[nH]c2ccccc12. The lowest BCUT2D eigenvalue weighted by molar-refractivity contribution is 0.341. The van der Waals surface area contributed by atoms with Crippen LogP contribution >= 0.6 is 0 Å². The number of aromatic nitrogens is 1. The van der Waals surface area contributed by atoms with E-state index in [-0.39, 0.29) is 5.88 Å².